The molecular formula is C13H13F2N3OS. The smallest absolute Gasteiger partial charge is 0.260 e. The number of hydrogen-bond acceptors (Lipinski definition) is 4. The molecule has 1 aromatic heterocycles. The molecule has 1 N–H and O–H groups in total. The number of aryl methyl sites for hydroxylation is 1. The van der Waals surface area contributed by atoms with Crippen molar-refractivity contribution in [2.45, 2.75) is 26.2 Å². The summed E-state index contributed by atoms with van der Waals surface area (Å²) in [5.74, 6) is -2.18. The third-order valence-corrected chi connectivity index (χ3v) is 3.50. The van der Waals surface area contributed by atoms with E-state index in [0.717, 1.165) is 42.5 Å². The Labute approximate surface area is 118 Å². The molecule has 0 fully saturated rings. The number of nitrogens with zero attached hydrogens (tertiary/aromatic N) is 2. The number of benzene rings is 1. The Morgan fingerprint density at radius 2 is 2.15 bits per heavy atom. The van der Waals surface area contributed by atoms with E-state index in [0.29, 0.717) is 0 Å². The topological polar surface area (TPSA) is 54.9 Å². The van der Waals surface area contributed by atoms with Crippen molar-refractivity contribution in [3.8, 4) is 0 Å². The van der Waals surface area contributed by atoms with Gasteiger partial charge in [0.15, 0.2) is 0 Å². The molecule has 2 aromatic rings. The molecule has 0 saturated carbocycles. The zero-order valence-electron chi connectivity index (χ0n) is 10.8. The minimum atomic E-state index is -0.778. The van der Waals surface area contributed by atoms with Gasteiger partial charge >= 0.3 is 0 Å². The number of nitrogens with one attached hydrogen (secondary N) is 1. The maximum absolute atomic E-state index is 13.4. The van der Waals surface area contributed by atoms with Crippen LogP contribution < -0.4 is 5.32 Å². The van der Waals surface area contributed by atoms with E-state index in [9.17, 15) is 13.6 Å². The van der Waals surface area contributed by atoms with Crippen LogP contribution in [0.2, 0.25) is 0 Å². The highest BCUT2D eigenvalue weighted by atomic mass is 32.1. The van der Waals surface area contributed by atoms with E-state index >= 15 is 0 Å². The Bertz CT molecular complexity index is 615. The fraction of sp³-hybridized carbons (Fsp3) is 0.308. The molecule has 1 heterocycles. The van der Waals surface area contributed by atoms with Crippen LogP contribution in [-0.4, -0.2) is 16.1 Å². The quantitative estimate of drug-likeness (QED) is 0.920. The summed E-state index contributed by atoms with van der Waals surface area (Å²) in [6.45, 7) is 2.07. The van der Waals surface area contributed by atoms with Crippen molar-refractivity contribution >= 4 is 22.4 Å². The Morgan fingerprint density at radius 3 is 2.90 bits per heavy atom. The normalized spacial score (nSPS) is 10.6. The van der Waals surface area contributed by atoms with Crippen LogP contribution in [0, 0.1) is 11.6 Å². The average molecular weight is 297 g/mol. The largest absolute Gasteiger partial charge is 0.296 e. The van der Waals surface area contributed by atoms with E-state index in [2.05, 4.69) is 22.4 Å². The lowest BCUT2D eigenvalue weighted by Crippen LogP contribution is -2.13. The summed E-state index contributed by atoms with van der Waals surface area (Å²) in [4.78, 5) is 11.8. The van der Waals surface area contributed by atoms with Crippen molar-refractivity contribution < 1.29 is 13.6 Å². The number of aromatic nitrogens is 2. The van der Waals surface area contributed by atoms with Gasteiger partial charge in [-0.25, -0.2) is 8.78 Å². The number of carbonyl (C=O) groups excluding carboxylic acids is 1. The van der Waals surface area contributed by atoms with Crippen molar-refractivity contribution in [2.24, 2.45) is 0 Å². The highest BCUT2D eigenvalue weighted by Gasteiger charge is 2.15. The summed E-state index contributed by atoms with van der Waals surface area (Å²) in [6, 6.07) is 2.72. The second-order valence-corrected chi connectivity index (χ2v) is 5.24. The highest BCUT2D eigenvalue weighted by molar-refractivity contribution is 7.15. The second-order valence-electron chi connectivity index (χ2n) is 4.18. The molecule has 7 heteroatoms. The first-order chi connectivity index (χ1) is 9.60. The minimum absolute atomic E-state index is 0.282. The number of halogens is 2. The van der Waals surface area contributed by atoms with Crippen LogP contribution in [0.25, 0.3) is 0 Å². The molecule has 0 spiro atoms. The zero-order chi connectivity index (χ0) is 14.5. The van der Waals surface area contributed by atoms with E-state index in [1.165, 1.54) is 11.3 Å². The van der Waals surface area contributed by atoms with E-state index in [4.69, 9.17) is 0 Å². The van der Waals surface area contributed by atoms with Gasteiger partial charge < -0.3 is 0 Å². The van der Waals surface area contributed by atoms with Gasteiger partial charge in [0.25, 0.3) is 5.91 Å². The molecule has 0 aliphatic carbocycles. The van der Waals surface area contributed by atoms with E-state index in [1.54, 1.807) is 0 Å². The first kappa shape index (κ1) is 14.5. The van der Waals surface area contributed by atoms with Gasteiger partial charge in [-0.3, -0.25) is 10.1 Å². The molecular weight excluding hydrogens is 284 g/mol. The molecule has 1 aromatic carbocycles. The Hall–Kier alpha value is -1.89. The number of unbranched alkanes of at least 4 members (excludes halogenated alkanes) is 1. The van der Waals surface area contributed by atoms with Crippen LogP contribution in [0.15, 0.2) is 18.2 Å². The van der Waals surface area contributed by atoms with E-state index in [-0.39, 0.29) is 10.7 Å². The van der Waals surface area contributed by atoms with Crippen molar-refractivity contribution in [3.63, 3.8) is 0 Å². The van der Waals surface area contributed by atoms with Crippen LogP contribution in [0.1, 0.15) is 35.1 Å². The molecule has 0 atom stereocenters. The van der Waals surface area contributed by atoms with Crippen molar-refractivity contribution in [3.05, 3.63) is 40.4 Å². The van der Waals surface area contributed by atoms with E-state index < -0.39 is 17.5 Å². The molecule has 4 nitrogen and oxygen atoms in total. The van der Waals surface area contributed by atoms with Crippen LogP contribution >= 0.6 is 11.3 Å². The van der Waals surface area contributed by atoms with Gasteiger partial charge in [-0.05, 0) is 24.6 Å². The van der Waals surface area contributed by atoms with Gasteiger partial charge in [0.2, 0.25) is 5.13 Å². The summed E-state index contributed by atoms with van der Waals surface area (Å²) in [5, 5.41) is 11.2. The number of amides is 1. The zero-order valence-corrected chi connectivity index (χ0v) is 11.6. The lowest BCUT2D eigenvalue weighted by atomic mass is 10.2. The molecule has 20 heavy (non-hydrogen) atoms. The van der Waals surface area contributed by atoms with Crippen molar-refractivity contribution in [1.82, 2.24) is 10.2 Å². The van der Waals surface area contributed by atoms with Gasteiger partial charge in [0.05, 0.1) is 5.56 Å². The predicted molar refractivity (Wildman–Crippen MR) is 72.8 cm³/mol. The maximum Gasteiger partial charge on any atom is 0.260 e. The summed E-state index contributed by atoms with van der Waals surface area (Å²) in [6.07, 6.45) is 2.81. The van der Waals surface area contributed by atoms with Gasteiger partial charge in [-0.1, -0.05) is 24.7 Å². The molecule has 106 valence electrons. The molecule has 2 rings (SSSR count). The van der Waals surface area contributed by atoms with E-state index in [1.807, 2.05) is 0 Å². The minimum Gasteiger partial charge on any atom is -0.296 e. The number of carbonyl (C=O) groups is 1. The van der Waals surface area contributed by atoms with Crippen LogP contribution in [-0.2, 0) is 6.42 Å². The Morgan fingerprint density at radius 1 is 1.35 bits per heavy atom. The molecule has 0 radical (unpaired) electrons. The summed E-state index contributed by atoms with van der Waals surface area (Å²) in [7, 11) is 0. The second kappa shape index (κ2) is 6.51. The molecule has 1 amide bonds. The van der Waals surface area contributed by atoms with Gasteiger partial charge in [0.1, 0.15) is 16.6 Å². The van der Waals surface area contributed by atoms with Crippen molar-refractivity contribution in [2.75, 3.05) is 5.32 Å². The molecule has 0 unspecified atom stereocenters. The highest BCUT2D eigenvalue weighted by Crippen LogP contribution is 2.19. The first-order valence-electron chi connectivity index (χ1n) is 6.19. The SMILES string of the molecule is CCCCc1nnc(NC(=O)c2cc(F)ccc2F)s1. The summed E-state index contributed by atoms with van der Waals surface area (Å²) in [5.41, 5.74) is -0.352. The molecule has 0 bridgehead atoms. The van der Waals surface area contributed by atoms with Crippen molar-refractivity contribution in [1.29, 1.82) is 0 Å². The summed E-state index contributed by atoms with van der Waals surface area (Å²) >= 11 is 1.24. The van der Waals surface area contributed by atoms with Crippen LogP contribution in [0.5, 0.6) is 0 Å². The average Bonchev–Trinajstić information content (AvgIpc) is 2.86. The first-order valence-corrected chi connectivity index (χ1v) is 7.00. The molecule has 0 aliphatic heterocycles. The number of hydrogen-bond donors (Lipinski definition) is 1. The Kier molecular flexibility index (Phi) is 4.73. The van der Waals surface area contributed by atoms with Gasteiger partial charge in [-0.2, -0.15) is 0 Å². The number of rotatable bonds is 5. The number of anilines is 1. The van der Waals surface area contributed by atoms with Gasteiger partial charge in [0, 0.05) is 6.42 Å². The fourth-order valence-corrected chi connectivity index (χ4v) is 2.35. The lowest BCUT2D eigenvalue weighted by Gasteiger charge is -2.02. The predicted octanol–water partition coefficient (Wildman–Crippen LogP) is 3.41. The maximum atomic E-state index is 13.4. The monoisotopic (exact) mass is 297 g/mol. The third kappa shape index (κ3) is 3.57. The summed E-state index contributed by atoms with van der Waals surface area (Å²) < 4.78 is 26.5. The standard InChI is InChI=1S/C13H13F2N3OS/c1-2-3-4-11-17-18-13(20-11)16-12(19)9-7-8(14)5-6-10(9)15/h5-7H,2-4H2,1H3,(H,16,18,19). The van der Waals surface area contributed by atoms with Crippen LogP contribution in [0.3, 0.4) is 0 Å². The third-order valence-electron chi connectivity index (χ3n) is 2.60. The van der Waals surface area contributed by atoms with Crippen LogP contribution in [0.4, 0.5) is 13.9 Å². The molecule has 0 aliphatic rings. The van der Waals surface area contributed by atoms with Gasteiger partial charge in [-0.15, -0.1) is 10.2 Å². The lowest BCUT2D eigenvalue weighted by molar-refractivity contribution is 0.102. The Balaban J connectivity index is 2.07. The fourth-order valence-electron chi connectivity index (χ4n) is 1.57. The molecule has 0 saturated heterocycles.